The maximum atomic E-state index is 12.3. The number of amides is 1. The van der Waals surface area contributed by atoms with E-state index < -0.39 is 0 Å². The van der Waals surface area contributed by atoms with Gasteiger partial charge < -0.3 is 5.32 Å². The van der Waals surface area contributed by atoms with E-state index in [1.807, 2.05) is 54.8 Å². The van der Waals surface area contributed by atoms with Crippen LogP contribution >= 0.6 is 34.7 Å². The van der Waals surface area contributed by atoms with E-state index in [4.69, 9.17) is 11.6 Å². The molecule has 1 aromatic carbocycles. The van der Waals surface area contributed by atoms with E-state index in [0.29, 0.717) is 10.2 Å². The van der Waals surface area contributed by atoms with Gasteiger partial charge in [0.2, 0.25) is 5.91 Å². The third-order valence-corrected chi connectivity index (χ3v) is 5.33. The molecule has 0 bridgehead atoms. The normalized spacial score (nSPS) is 11.9. The number of nitrogens with zero attached hydrogens (tertiary/aromatic N) is 2. The van der Waals surface area contributed by atoms with Gasteiger partial charge in [0.15, 0.2) is 5.13 Å². The highest BCUT2D eigenvalue weighted by Crippen LogP contribution is 2.30. The van der Waals surface area contributed by atoms with Crippen molar-refractivity contribution in [2.24, 2.45) is 0 Å². The Morgan fingerprint density at radius 3 is 2.79 bits per heavy atom. The Balaban J connectivity index is 1.66. The van der Waals surface area contributed by atoms with E-state index in [0.717, 1.165) is 16.3 Å². The number of carbonyl (C=O) groups is 1. The molecule has 0 radical (unpaired) electrons. The van der Waals surface area contributed by atoms with Gasteiger partial charge in [-0.15, -0.1) is 11.3 Å². The standard InChI is InChI=1S/C17H14ClN3OS2/c1-11(24-15-8-4-5-9-19-15)16(22)21-17-20-14(10-23-17)12-6-2-3-7-13(12)18/h2-11H,1H3,(H,20,21,22). The van der Waals surface area contributed by atoms with Gasteiger partial charge in [0.1, 0.15) is 0 Å². The minimum atomic E-state index is -0.271. The summed E-state index contributed by atoms with van der Waals surface area (Å²) in [5.41, 5.74) is 1.61. The maximum absolute atomic E-state index is 12.3. The topological polar surface area (TPSA) is 54.9 Å². The van der Waals surface area contributed by atoms with E-state index >= 15 is 0 Å². The summed E-state index contributed by atoms with van der Waals surface area (Å²) in [7, 11) is 0. The summed E-state index contributed by atoms with van der Waals surface area (Å²) in [6, 6.07) is 13.1. The van der Waals surface area contributed by atoms with Crippen LogP contribution in [0.15, 0.2) is 59.1 Å². The van der Waals surface area contributed by atoms with Crippen LogP contribution in [0.1, 0.15) is 6.92 Å². The molecule has 122 valence electrons. The molecule has 24 heavy (non-hydrogen) atoms. The Morgan fingerprint density at radius 1 is 1.25 bits per heavy atom. The van der Waals surface area contributed by atoms with Crippen LogP contribution in [0.2, 0.25) is 5.02 Å². The third-order valence-electron chi connectivity index (χ3n) is 3.19. The molecule has 0 saturated carbocycles. The molecule has 3 aromatic rings. The van der Waals surface area contributed by atoms with Gasteiger partial charge in [-0.05, 0) is 25.1 Å². The number of thiazole rings is 1. The van der Waals surface area contributed by atoms with Gasteiger partial charge >= 0.3 is 0 Å². The zero-order chi connectivity index (χ0) is 16.9. The molecule has 2 heterocycles. The lowest BCUT2D eigenvalue weighted by atomic mass is 10.2. The number of hydrogen-bond acceptors (Lipinski definition) is 5. The second-order valence-corrected chi connectivity index (χ2v) is 7.56. The first-order chi connectivity index (χ1) is 11.6. The van der Waals surface area contributed by atoms with E-state index in [1.165, 1.54) is 23.1 Å². The van der Waals surface area contributed by atoms with Gasteiger partial charge in [0.25, 0.3) is 0 Å². The van der Waals surface area contributed by atoms with Crippen LogP contribution in [0, 0.1) is 0 Å². The van der Waals surface area contributed by atoms with Crippen molar-refractivity contribution in [3.8, 4) is 11.3 Å². The van der Waals surface area contributed by atoms with Crippen molar-refractivity contribution in [3.05, 3.63) is 59.1 Å². The smallest absolute Gasteiger partial charge is 0.239 e. The Labute approximate surface area is 153 Å². The average molecular weight is 376 g/mol. The lowest BCUT2D eigenvalue weighted by molar-refractivity contribution is -0.115. The Hall–Kier alpha value is -1.89. The van der Waals surface area contributed by atoms with Crippen molar-refractivity contribution in [3.63, 3.8) is 0 Å². The maximum Gasteiger partial charge on any atom is 0.239 e. The summed E-state index contributed by atoms with van der Waals surface area (Å²) in [6.07, 6.45) is 1.71. The molecule has 0 aliphatic heterocycles. The van der Waals surface area contributed by atoms with Crippen LogP contribution in [0.4, 0.5) is 5.13 Å². The number of thioether (sulfide) groups is 1. The summed E-state index contributed by atoms with van der Waals surface area (Å²) < 4.78 is 0. The number of anilines is 1. The van der Waals surface area contributed by atoms with Crippen LogP contribution < -0.4 is 5.32 Å². The molecule has 0 aliphatic rings. The lowest BCUT2D eigenvalue weighted by Gasteiger charge is -2.09. The van der Waals surface area contributed by atoms with E-state index in [2.05, 4.69) is 15.3 Å². The average Bonchev–Trinajstić information content (AvgIpc) is 3.04. The first-order valence-electron chi connectivity index (χ1n) is 7.22. The van der Waals surface area contributed by atoms with Gasteiger partial charge in [-0.25, -0.2) is 9.97 Å². The Bertz CT molecular complexity index is 839. The molecule has 1 N–H and O–H groups in total. The molecular formula is C17H14ClN3OS2. The van der Waals surface area contributed by atoms with Crippen LogP contribution in [0.3, 0.4) is 0 Å². The molecule has 1 unspecified atom stereocenters. The largest absolute Gasteiger partial charge is 0.301 e. The van der Waals surface area contributed by atoms with Gasteiger partial charge in [-0.1, -0.05) is 47.6 Å². The fourth-order valence-electron chi connectivity index (χ4n) is 1.98. The van der Waals surface area contributed by atoms with E-state index in [9.17, 15) is 4.79 Å². The molecule has 0 spiro atoms. The highest BCUT2D eigenvalue weighted by molar-refractivity contribution is 8.00. The number of carbonyl (C=O) groups excluding carboxylic acids is 1. The molecule has 0 aliphatic carbocycles. The Morgan fingerprint density at radius 2 is 2.04 bits per heavy atom. The second kappa shape index (κ2) is 7.79. The number of hydrogen-bond donors (Lipinski definition) is 1. The fourth-order valence-corrected chi connectivity index (χ4v) is 3.74. The first kappa shape index (κ1) is 17.0. The summed E-state index contributed by atoms with van der Waals surface area (Å²) >= 11 is 8.97. The van der Waals surface area contributed by atoms with Crippen molar-refractivity contribution >= 4 is 45.7 Å². The van der Waals surface area contributed by atoms with Crippen molar-refractivity contribution in [1.29, 1.82) is 0 Å². The van der Waals surface area contributed by atoms with Crippen molar-refractivity contribution in [2.45, 2.75) is 17.2 Å². The van der Waals surface area contributed by atoms with Gasteiger partial charge in [0.05, 0.1) is 16.0 Å². The van der Waals surface area contributed by atoms with Gasteiger partial charge in [-0.3, -0.25) is 4.79 Å². The number of pyridine rings is 1. The minimum absolute atomic E-state index is 0.106. The van der Waals surface area contributed by atoms with Crippen molar-refractivity contribution in [2.75, 3.05) is 5.32 Å². The zero-order valence-corrected chi connectivity index (χ0v) is 15.2. The molecule has 2 aromatic heterocycles. The van der Waals surface area contributed by atoms with E-state index in [1.54, 1.807) is 6.20 Å². The van der Waals surface area contributed by atoms with Gasteiger partial charge in [-0.2, -0.15) is 0 Å². The molecule has 7 heteroatoms. The molecule has 1 atom stereocenters. The third kappa shape index (κ3) is 4.14. The molecule has 4 nitrogen and oxygen atoms in total. The van der Waals surface area contributed by atoms with Crippen molar-refractivity contribution < 1.29 is 4.79 Å². The molecule has 0 fully saturated rings. The quantitative estimate of drug-likeness (QED) is 0.639. The molecule has 0 saturated heterocycles. The number of nitrogens with one attached hydrogen (secondary N) is 1. The second-order valence-electron chi connectivity index (χ2n) is 4.94. The summed E-state index contributed by atoms with van der Waals surface area (Å²) in [5, 5.41) is 6.47. The monoisotopic (exact) mass is 375 g/mol. The molecule has 3 rings (SSSR count). The summed E-state index contributed by atoms with van der Waals surface area (Å²) in [5.74, 6) is -0.106. The first-order valence-corrected chi connectivity index (χ1v) is 9.36. The number of rotatable bonds is 5. The van der Waals surface area contributed by atoms with Crippen LogP contribution in [0.5, 0.6) is 0 Å². The lowest BCUT2D eigenvalue weighted by Crippen LogP contribution is -2.22. The Kier molecular flexibility index (Phi) is 5.50. The SMILES string of the molecule is CC(Sc1ccccn1)C(=O)Nc1nc(-c2ccccc2Cl)cs1. The van der Waals surface area contributed by atoms with Crippen molar-refractivity contribution in [1.82, 2.24) is 9.97 Å². The highest BCUT2D eigenvalue weighted by atomic mass is 35.5. The van der Waals surface area contributed by atoms with Crippen LogP contribution in [-0.4, -0.2) is 21.1 Å². The number of benzene rings is 1. The minimum Gasteiger partial charge on any atom is -0.301 e. The van der Waals surface area contributed by atoms with Gasteiger partial charge in [0, 0.05) is 22.2 Å². The zero-order valence-electron chi connectivity index (χ0n) is 12.8. The van der Waals surface area contributed by atoms with E-state index in [-0.39, 0.29) is 11.2 Å². The summed E-state index contributed by atoms with van der Waals surface area (Å²) in [6.45, 7) is 1.84. The fraction of sp³-hybridized carbons (Fsp3) is 0.118. The van der Waals surface area contributed by atoms with Crippen LogP contribution in [-0.2, 0) is 4.79 Å². The predicted molar refractivity (Wildman–Crippen MR) is 101 cm³/mol. The number of aromatic nitrogens is 2. The highest BCUT2D eigenvalue weighted by Gasteiger charge is 2.17. The van der Waals surface area contributed by atoms with Crippen LogP contribution in [0.25, 0.3) is 11.3 Å². The molecule has 1 amide bonds. The predicted octanol–water partition coefficient (Wildman–Crippen LogP) is 4.98. The summed E-state index contributed by atoms with van der Waals surface area (Å²) in [4.78, 5) is 21.0. The molecular weight excluding hydrogens is 362 g/mol. The number of halogens is 1.